The Morgan fingerprint density at radius 1 is 1.42 bits per heavy atom. The molecule has 1 rings (SSSR count). The number of carbonyl (C=O) groups excluding carboxylic acids is 1. The molecule has 1 saturated carbocycles. The summed E-state index contributed by atoms with van der Waals surface area (Å²) in [6, 6.07) is -1.03. The van der Waals surface area contributed by atoms with Gasteiger partial charge in [-0.25, -0.2) is 4.79 Å². The van der Waals surface area contributed by atoms with E-state index in [1.54, 1.807) is 0 Å². The maximum Gasteiger partial charge on any atom is 0.391 e. The van der Waals surface area contributed by atoms with E-state index in [1.165, 1.54) is 18.9 Å². The number of rotatable bonds is 4. The van der Waals surface area contributed by atoms with Gasteiger partial charge in [0.1, 0.15) is 0 Å². The topological polar surface area (TPSA) is 69.6 Å². The number of nitrogens with one attached hydrogen (secondary N) is 1. The van der Waals surface area contributed by atoms with Crippen molar-refractivity contribution in [3.63, 3.8) is 0 Å². The van der Waals surface area contributed by atoms with Gasteiger partial charge >= 0.3 is 18.2 Å². The molecular weight excluding hydrogens is 265 g/mol. The van der Waals surface area contributed by atoms with Crippen LogP contribution in [0.3, 0.4) is 0 Å². The van der Waals surface area contributed by atoms with Crippen molar-refractivity contribution in [2.45, 2.75) is 32.0 Å². The summed E-state index contributed by atoms with van der Waals surface area (Å²) in [7, 11) is 1.41. The van der Waals surface area contributed by atoms with Crippen molar-refractivity contribution < 1.29 is 27.9 Å². The van der Waals surface area contributed by atoms with Crippen molar-refractivity contribution in [2.75, 3.05) is 13.6 Å². The Balaban J connectivity index is 2.31. The zero-order chi connectivity index (χ0) is 14.8. The molecule has 2 amide bonds. The molecule has 0 radical (unpaired) electrons. The summed E-state index contributed by atoms with van der Waals surface area (Å²) < 4.78 is 36.7. The molecule has 5 nitrogen and oxygen atoms in total. The predicted molar refractivity (Wildman–Crippen MR) is 60.5 cm³/mol. The number of nitrogens with zero attached hydrogens (tertiary/aromatic N) is 1. The van der Waals surface area contributed by atoms with E-state index in [1.807, 2.05) is 0 Å². The lowest BCUT2D eigenvalue weighted by Crippen LogP contribution is -2.52. The normalized spacial score (nSPS) is 24.3. The molecule has 110 valence electrons. The summed E-state index contributed by atoms with van der Waals surface area (Å²) in [5.74, 6) is -3.10. The van der Waals surface area contributed by atoms with Crippen LogP contribution in [0, 0.1) is 11.8 Å². The summed E-state index contributed by atoms with van der Waals surface area (Å²) in [6.07, 6.45) is -4.43. The van der Waals surface area contributed by atoms with Gasteiger partial charge in [0.05, 0.1) is 11.8 Å². The lowest BCUT2D eigenvalue weighted by Gasteiger charge is -2.37. The average molecular weight is 282 g/mol. The van der Waals surface area contributed by atoms with Crippen LogP contribution >= 0.6 is 0 Å². The van der Waals surface area contributed by atoms with Gasteiger partial charge in [-0.3, -0.25) is 4.79 Å². The molecule has 0 saturated heterocycles. The van der Waals surface area contributed by atoms with Gasteiger partial charge in [0, 0.05) is 19.6 Å². The smallest absolute Gasteiger partial charge is 0.391 e. The first-order valence-corrected chi connectivity index (χ1v) is 5.92. The Hall–Kier alpha value is -1.47. The first kappa shape index (κ1) is 15.6. The minimum atomic E-state index is -4.20. The minimum absolute atomic E-state index is 0.0105. The van der Waals surface area contributed by atoms with E-state index in [9.17, 15) is 22.8 Å². The van der Waals surface area contributed by atoms with Crippen LogP contribution in [0.4, 0.5) is 18.0 Å². The molecule has 1 fully saturated rings. The molecule has 0 heterocycles. The average Bonchev–Trinajstić information content (AvgIpc) is 2.20. The van der Waals surface area contributed by atoms with Crippen molar-refractivity contribution in [2.24, 2.45) is 11.8 Å². The van der Waals surface area contributed by atoms with Crippen LogP contribution in [0.15, 0.2) is 0 Å². The predicted octanol–water partition coefficient (Wildman–Crippen LogP) is 1.69. The standard InChI is InChI=1S/C11H17F3N2O3/c1-6(9(17)18)5-16(2)10(19)15-8-3-7(4-8)11(12,13)14/h6-8H,3-5H2,1-2H3,(H,15,19)(H,17,18). The first-order valence-electron chi connectivity index (χ1n) is 5.92. The number of urea groups is 1. The van der Waals surface area contributed by atoms with Gasteiger partial charge in [0.15, 0.2) is 0 Å². The summed E-state index contributed by atoms with van der Waals surface area (Å²) in [5, 5.41) is 11.1. The number of carbonyl (C=O) groups is 2. The molecule has 0 bridgehead atoms. The van der Waals surface area contributed by atoms with E-state index >= 15 is 0 Å². The van der Waals surface area contributed by atoms with Gasteiger partial charge in [-0.15, -0.1) is 0 Å². The van der Waals surface area contributed by atoms with Crippen LogP contribution < -0.4 is 5.32 Å². The number of aliphatic carboxylic acids is 1. The first-order chi connectivity index (χ1) is 8.61. The zero-order valence-electron chi connectivity index (χ0n) is 10.7. The number of amides is 2. The highest BCUT2D eigenvalue weighted by atomic mass is 19.4. The van der Waals surface area contributed by atoms with Gasteiger partial charge in [-0.1, -0.05) is 6.92 Å². The molecule has 0 spiro atoms. The number of halogens is 3. The molecule has 1 aliphatic carbocycles. The molecule has 8 heteroatoms. The van der Waals surface area contributed by atoms with Crippen molar-refractivity contribution in [1.29, 1.82) is 0 Å². The van der Waals surface area contributed by atoms with Crippen molar-refractivity contribution in [3.05, 3.63) is 0 Å². The molecule has 0 aromatic rings. The maximum atomic E-state index is 12.2. The number of alkyl halides is 3. The van der Waals surface area contributed by atoms with E-state index < -0.39 is 36.1 Å². The second-order valence-electron chi connectivity index (χ2n) is 4.98. The highest BCUT2D eigenvalue weighted by Gasteiger charge is 2.48. The van der Waals surface area contributed by atoms with Gasteiger partial charge in [0.25, 0.3) is 0 Å². The van der Waals surface area contributed by atoms with Gasteiger partial charge in [-0.05, 0) is 12.8 Å². The molecule has 1 aliphatic rings. The third kappa shape index (κ3) is 4.29. The van der Waals surface area contributed by atoms with Crippen molar-refractivity contribution in [1.82, 2.24) is 10.2 Å². The number of carboxylic acid groups (broad SMARTS) is 1. The fourth-order valence-corrected chi connectivity index (χ4v) is 1.86. The highest BCUT2D eigenvalue weighted by molar-refractivity contribution is 5.76. The molecule has 1 atom stereocenters. The lowest BCUT2D eigenvalue weighted by molar-refractivity contribution is -0.198. The van der Waals surface area contributed by atoms with E-state index in [0.29, 0.717) is 0 Å². The minimum Gasteiger partial charge on any atom is -0.481 e. The Kier molecular flexibility index (Phi) is 4.65. The molecule has 0 aromatic heterocycles. The van der Waals surface area contributed by atoms with Crippen molar-refractivity contribution in [3.8, 4) is 0 Å². The summed E-state index contributed by atoms with van der Waals surface area (Å²) >= 11 is 0. The monoisotopic (exact) mass is 282 g/mol. The third-order valence-corrected chi connectivity index (χ3v) is 3.24. The van der Waals surface area contributed by atoms with Crippen LogP contribution in [0.2, 0.25) is 0 Å². The van der Waals surface area contributed by atoms with Gasteiger partial charge in [0.2, 0.25) is 0 Å². The quantitative estimate of drug-likeness (QED) is 0.824. The zero-order valence-corrected chi connectivity index (χ0v) is 10.7. The van der Waals surface area contributed by atoms with E-state index in [4.69, 9.17) is 5.11 Å². The SMILES string of the molecule is CC(CN(C)C(=O)NC1CC(C(F)(F)F)C1)C(=O)O. The molecule has 19 heavy (non-hydrogen) atoms. The van der Waals surface area contributed by atoms with Crippen LogP contribution in [-0.2, 0) is 4.79 Å². The lowest BCUT2D eigenvalue weighted by atomic mass is 9.80. The van der Waals surface area contributed by atoms with Crippen LogP contribution in [0.1, 0.15) is 19.8 Å². The van der Waals surface area contributed by atoms with Crippen LogP contribution in [0.5, 0.6) is 0 Å². The molecule has 0 aliphatic heterocycles. The molecule has 0 aromatic carbocycles. The Morgan fingerprint density at radius 3 is 2.37 bits per heavy atom. The van der Waals surface area contributed by atoms with E-state index in [0.717, 1.165) is 0 Å². The Morgan fingerprint density at radius 2 is 1.95 bits per heavy atom. The van der Waals surface area contributed by atoms with Gasteiger partial charge < -0.3 is 15.3 Å². The molecule has 2 N–H and O–H groups in total. The molecular formula is C11H17F3N2O3. The van der Waals surface area contributed by atoms with Gasteiger partial charge in [-0.2, -0.15) is 13.2 Å². The van der Waals surface area contributed by atoms with Crippen LogP contribution in [0.25, 0.3) is 0 Å². The Labute approximate surface area is 108 Å². The highest BCUT2D eigenvalue weighted by Crippen LogP contribution is 2.40. The summed E-state index contributed by atoms with van der Waals surface area (Å²) in [5.41, 5.74) is 0. The fourth-order valence-electron chi connectivity index (χ4n) is 1.86. The number of carboxylic acids is 1. The number of hydrogen-bond donors (Lipinski definition) is 2. The molecule has 1 unspecified atom stereocenters. The summed E-state index contributed by atoms with van der Waals surface area (Å²) in [6.45, 7) is 1.46. The van der Waals surface area contributed by atoms with Crippen molar-refractivity contribution >= 4 is 12.0 Å². The maximum absolute atomic E-state index is 12.2. The van der Waals surface area contributed by atoms with E-state index in [-0.39, 0.29) is 19.4 Å². The second-order valence-corrected chi connectivity index (χ2v) is 4.98. The summed E-state index contributed by atoms with van der Waals surface area (Å²) in [4.78, 5) is 23.4. The van der Waals surface area contributed by atoms with E-state index in [2.05, 4.69) is 5.32 Å². The largest absolute Gasteiger partial charge is 0.481 e. The Bertz CT molecular complexity index is 354. The second kappa shape index (κ2) is 5.66. The van der Waals surface area contributed by atoms with Crippen LogP contribution in [-0.4, -0.2) is 47.8 Å². The fraction of sp³-hybridized carbons (Fsp3) is 0.818. The third-order valence-electron chi connectivity index (χ3n) is 3.24. The number of hydrogen-bond acceptors (Lipinski definition) is 2.